The summed E-state index contributed by atoms with van der Waals surface area (Å²) >= 11 is 6.03. The molecule has 0 unspecified atom stereocenters. The summed E-state index contributed by atoms with van der Waals surface area (Å²) in [7, 11) is 0. The van der Waals surface area contributed by atoms with Gasteiger partial charge in [0, 0.05) is 22.6 Å². The fourth-order valence-electron chi connectivity index (χ4n) is 3.11. The second kappa shape index (κ2) is 7.80. The van der Waals surface area contributed by atoms with Crippen LogP contribution in [0.1, 0.15) is 39.0 Å². The van der Waals surface area contributed by atoms with Crippen LogP contribution in [0.2, 0.25) is 5.02 Å². The molecule has 0 bridgehead atoms. The lowest BCUT2D eigenvalue weighted by molar-refractivity contribution is 0.0318. The van der Waals surface area contributed by atoms with Crippen LogP contribution in [0, 0.1) is 13.8 Å². The van der Waals surface area contributed by atoms with Gasteiger partial charge in [0.05, 0.1) is 10.6 Å². The van der Waals surface area contributed by atoms with Gasteiger partial charge in [0.15, 0.2) is 6.10 Å². The number of halogens is 1. The molecular weight excluding hydrogens is 362 g/mol. The van der Waals surface area contributed by atoms with Gasteiger partial charge in [0.1, 0.15) is 0 Å². The number of aryl methyl sites for hydroxylation is 1. The Kier molecular flexibility index (Phi) is 5.47. The Balaban J connectivity index is 1.84. The van der Waals surface area contributed by atoms with Gasteiger partial charge in [-0.05, 0) is 51.1 Å². The second-order valence-electron chi connectivity index (χ2n) is 6.35. The number of ether oxygens (including phenoxy) is 1. The zero-order valence-electron chi connectivity index (χ0n) is 15.4. The number of ketones is 1. The van der Waals surface area contributed by atoms with Crippen LogP contribution in [-0.2, 0) is 4.74 Å². The van der Waals surface area contributed by atoms with Crippen molar-refractivity contribution in [2.24, 2.45) is 0 Å². The van der Waals surface area contributed by atoms with Crippen molar-refractivity contribution < 1.29 is 14.3 Å². The Bertz CT molecular complexity index is 992. The van der Waals surface area contributed by atoms with Gasteiger partial charge in [-0.1, -0.05) is 41.9 Å². The third-order valence-corrected chi connectivity index (χ3v) is 4.79. The molecule has 2 aromatic carbocycles. The van der Waals surface area contributed by atoms with E-state index in [-0.39, 0.29) is 11.3 Å². The zero-order valence-corrected chi connectivity index (χ0v) is 16.2. The number of hydrogen-bond acceptors (Lipinski definition) is 3. The lowest BCUT2D eigenvalue weighted by Crippen LogP contribution is -2.25. The maximum absolute atomic E-state index is 12.9. The van der Waals surface area contributed by atoms with Crippen LogP contribution in [0.15, 0.2) is 60.7 Å². The number of benzene rings is 2. The number of carbonyl (C=O) groups excluding carboxylic acids is 2. The van der Waals surface area contributed by atoms with E-state index < -0.39 is 12.1 Å². The first-order chi connectivity index (χ1) is 12.9. The normalized spacial score (nSPS) is 11.9. The first-order valence-corrected chi connectivity index (χ1v) is 9.02. The molecule has 27 heavy (non-hydrogen) atoms. The van der Waals surface area contributed by atoms with Gasteiger partial charge >= 0.3 is 5.97 Å². The van der Waals surface area contributed by atoms with E-state index in [1.165, 1.54) is 0 Å². The monoisotopic (exact) mass is 381 g/mol. The van der Waals surface area contributed by atoms with Gasteiger partial charge in [0.2, 0.25) is 5.78 Å². The summed E-state index contributed by atoms with van der Waals surface area (Å²) in [6, 6.07) is 18.2. The average molecular weight is 382 g/mol. The van der Waals surface area contributed by atoms with Crippen molar-refractivity contribution in [2.45, 2.75) is 26.9 Å². The highest BCUT2D eigenvalue weighted by molar-refractivity contribution is 6.33. The number of esters is 1. The Hall–Kier alpha value is -2.85. The minimum atomic E-state index is -0.918. The van der Waals surface area contributed by atoms with Crippen molar-refractivity contribution >= 4 is 23.4 Å². The molecule has 5 heteroatoms. The summed E-state index contributed by atoms with van der Waals surface area (Å²) in [4.78, 5) is 25.2. The smallest absolute Gasteiger partial charge is 0.340 e. The van der Waals surface area contributed by atoms with E-state index in [1.807, 2.05) is 54.8 Å². The van der Waals surface area contributed by atoms with Crippen molar-refractivity contribution in [3.8, 4) is 5.69 Å². The van der Waals surface area contributed by atoms with Gasteiger partial charge < -0.3 is 9.30 Å². The van der Waals surface area contributed by atoms with Crippen molar-refractivity contribution in [1.29, 1.82) is 0 Å². The van der Waals surface area contributed by atoms with E-state index in [0.717, 1.165) is 17.1 Å². The highest BCUT2D eigenvalue weighted by Crippen LogP contribution is 2.23. The summed E-state index contributed by atoms with van der Waals surface area (Å²) in [6.45, 7) is 5.40. The molecule has 1 atom stereocenters. The van der Waals surface area contributed by atoms with Crippen LogP contribution in [0.25, 0.3) is 5.69 Å². The second-order valence-corrected chi connectivity index (χ2v) is 6.75. The standard InChI is InChI=1S/C22H20ClNO3/c1-14-13-19(15(2)24(14)17-9-5-4-6-10-17)21(25)16(3)27-22(26)18-11-7-8-12-20(18)23/h4-13,16H,1-3H3/t16-/m0/s1. The summed E-state index contributed by atoms with van der Waals surface area (Å²) in [5, 5.41) is 0.296. The predicted octanol–water partition coefficient (Wildman–Crippen LogP) is 5.18. The van der Waals surface area contributed by atoms with Crippen LogP contribution >= 0.6 is 11.6 Å². The molecule has 3 aromatic rings. The fraction of sp³-hybridized carbons (Fsp3) is 0.182. The number of aromatic nitrogens is 1. The lowest BCUT2D eigenvalue weighted by Gasteiger charge is -2.14. The summed E-state index contributed by atoms with van der Waals surface area (Å²) in [5.74, 6) is -0.857. The Morgan fingerprint density at radius 1 is 0.963 bits per heavy atom. The summed E-state index contributed by atoms with van der Waals surface area (Å²) < 4.78 is 7.37. The van der Waals surface area contributed by atoms with Crippen LogP contribution in [0.4, 0.5) is 0 Å². The van der Waals surface area contributed by atoms with Crippen molar-refractivity contribution in [3.05, 3.63) is 88.2 Å². The Morgan fingerprint density at radius 3 is 2.26 bits per heavy atom. The third-order valence-electron chi connectivity index (χ3n) is 4.46. The predicted molar refractivity (Wildman–Crippen MR) is 106 cm³/mol. The molecule has 0 spiro atoms. The fourth-order valence-corrected chi connectivity index (χ4v) is 3.32. The van der Waals surface area contributed by atoms with Crippen LogP contribution in [-0.4, -0.2) is 22.4 Å². The van der Waals surface area contributed by atoms with E-state index in [4.69, 9.17) is 16.3 Å². The number of Topliss-reactive ketones (excluding diaryl/α,β-unsaturated/α-hetero) is 1. The van der Waals surface area contributed by atoms with E-state index in [9.17, 15) is 9.59 Å². The van der Waals surface area contributed by atoms with Gasteiger partial charge in [-0.2, -0.15) is 0 Å². The first-order valence-electron chi connectivity index (χ1n) is 8.64. The molecule has 138 valence electrons. The van der Waals surface area contributed by atoms with Gasteiger partial charge in [0.25, 0.3) is 0 Å². The molecular formula is C22H20ClNO3. The largest absolute Gasteiger partial charge is 0.451 e. The summed E-state index contributed by atoms with van der Waals surface area (Å²) in [5.41, 5.74) is 3.51. The molecule has 3 rings (SSSR count). The van der Waals surface area contributed by atoms with Crippen LogP contribution in [0.3, 0.4) is 0 Å². The van der Waals surface area contributed by atoms with Gasteiger partial charge in [-0.3, -0.25) is 4.79 Å². The van der Waals surface area contributed by atoms with Crippen LogP contribution in [0.5, 0.6) is 0 Å². The van der Waals surface area contributed by atoms with E-state index in [1.54, 1.807) is 31.2 Å². The molecule has 0 N–H and O–H groups in total. The third kappa shape index (κ3) is 3.81. The topological polar surface area (TPSA) is 48.3 Å². The molecule has 0 amide bonds. The van der Waals surface area contributed by atoms with E-state index in [0.29, 0.717) is 10.6 Å². The highest BCUT2D eigenvalue weighted by Gasteiger charge is 2.25. The molecule has 1 aromatic heterocycles. The van der Waals surface area contributed by atoms with E-state index in [2.05, 4.69) is 0 Å². The van der Waals surface area contributed by atoms with E-state index >= 15 is 0 Å². The number of hydrogen-bond donors (Lipinski definition) is 0. The highest BCUT2D eigenvalue weighted by atomic mass is 35.5. The molecule has 0 radical (unpaired) electrons. The minimum absolute atomic E-state index is 0.244. The first kappa shape index (κ1) is 18.9. The number of nitrogens with zero attached hydrogens (tertiary/aromatic N) is 1. The molecule has 1 heterocycles. The minimum Gasteiger partial charge on any atom is -0.451 e. The van der Waals surface area contributed by atoms with Crippen molar-refractivity contribution in [3.63, 3.8) is 0 Å². The van der Waals surface area contributed by atoms with Gasteiger partial charge in [-0.15, -0.1) is 0 Å². The number of para-hydroxylation sites is 1. The zero-order chi connectivity index (χ0) is 19.6. The molecule has 0 saturated heterocycles. The maximum Gasteiger partial charge on any atom is 0.340 e. The molecule has 4 nitrogen and oxygen atoms in total. The Morgan fingerprint density at radius 2 is 1.59 bits per heavy atom. The number of rotatable bonds is 5. The van der Waals surface area contributed by atoms with Crippen LogP contribution < -0.4 is 0 Å². The Labute approximate surface area is 163 Å². The SMILES string of the molecule is Cc1cc(C(=O)[C@H](C)OC(=O)c2ccccc2Cl)c(C)n1-c1ccccc1. The summed E-state index contributed by atoms with van der Waals surface area (Å²) in [6.07, 6.45) is -0.918. The molecule has 0 aliphatic carbocycles. The molecule has 0 aliphatic rings. The molecule has 0 saturated carbocycles. The molecule has 0 aliphatic heterocycles. The average Bonchev–Trinajstić information content (AvgIpc) is 2.96. The van der Waals surface area contributed by atoms with Gasteiger partial charge in [-0.25, -0.2) is 4.79 Å². The quantitative estimate of drug-likeness (QED) is 0.452. The lowest BCUT2D eigenvalue weighted by atomic mass is 10.1. The molecule has 0 fully saturated rings. The van der Waals surface area contributed by atoms with Crippen molar-refractivity contribution in [1.82, 2.24) is 4.57 Å². The maximum atomic E-state index is 12.9. The number of carbonyl (C=O) groups is 2. The van der Waals surface area contributed by atoms with Crippen molar-refractivity contribution in [2.75, 3.05) is 0 Å².